The van der Waals surface area contributed by atoms with Crippen LogP contribution in [0.25, 0.3) is 0 Å². The van der Waals surface area contributed by atoms with Crippen LogP contribution in [0.4, 0.5) is 4.79 Å². The van der Waals surface area contributed by atoms with Gasteiger partial charge in [0.1, 0.15) is 5.60 Å². The van der Waals surface area contributed by atoms with Gasteiger partial charge >= 0.3 is 16.3 Å². The monoisotopic (exact) mass is 356 g/mol. The van der Waals surface area contributed by atoms with E-state index >= 15 is 0 Å². The number of carbonyl (C=O) groups excluding carboxylic acids is 1. The first-order chi connectivity index (χ1) is 9.49. The Labute approximate surface area is 139 Å². The summed E-state index contributed by atoms with van der Waals surface area (Å²) < 4.78 is 33.5. The lowest BCUT2D eigenvalue weighted by molar-refractivity contribution is 0.0351. The fraction of sp³-hybridized carbons (Fsp3) is 0.929. The fourth-order valence-corrected chi connectivity index (χ4v) is 3.16. The number of amides is 1. The van der Waals surface area contributed by atoms with Crippen LogP contribution in [0, 0.1) is 5.41 Å². The van der Waals surface area contributed by atoms with Gasteiger partial charge in [-0.3, -0.25) is 0 Å². The number of halogens is 1. The maximum atomic E-state index is 12.5. The minimum absolute atomic E-state index is 0.0726. The second-order valence-electron chi connectivity index (χ2n) is 8.14. The van der Waals surface area contributed by atoms with Gasteiger partial charge in [0.2, 0.25) is 0 Å². The summed E-state index contributed by atoms with van der Waals surface area (Å²) in [5.74, 6) is 0.206. The van der Waals surface area contributed by atoms with Crippen molar-refractivity contribution in [1.29, 1.82) is 0 Å². The van der Waals surface area contributed by atoms with Crippen LogP contribution in [-0.2, 0) is 14.9 Å². The first-order valence-electron chi connectivity index (χ1n) is 7.10. The predicted molar refractivity (Wildman–Crippen MR) is 89.2 cm³/mol. The molecule has 132 valence electrons. The van der Waals surface area contributed by atoms with Crippen molar-refractivity contribution < 1.29 is 17.9 Å². The zero-order valence-corrected chi connectivity index (χ0v) is 16.4. The summed E-state index contributed by atoms with van der Waals surface area (Å²) >= 11 is 5.86. The molecule has 0 aromatic heterocycles. The van der Waals surface area contributed by atoms with Gasteiger partial charge in [0.15, 0.2) is 0 Å². The molecule has 1 N–H and O–H groups in total. The van der Waals surface area contributed by atoms with E-state index in [0.29, 0.717) is 4.31 Å². The maximum Gasteiger partial charge on any atom is 0.425 e. The predicted octanol–water partition coefficient (Wildman–Crippen LogP) is 3.12. The second kappa shape index (κ2) is 6.93. The molecule has 0 aliphatic carbocycles. The van der Waals surface area contributed by atoms with Gasteiger partial charge < -0.3 is 4.74 Å². The molecule has 1 amide bonds. The Bertz CT molecular complexity index is 490. The van der Waals surface area contributed by atoms with Gasteiger partial charge in [0.25, 0.3) is 0 Å². The average molecular weight is 357 g/mol. The van der Waals surface area contributed by atoms with Gasteiger partial charge in [-0.25, -0.2) is 4.79 Å². The van der Waals surface area contributed by atoms with Crippen LogP contribution in [0.15, 0.2) is 0 Å². The summed E-state index contributed by atoms with van der Waals surface area (Å²) in [6, 6.07) is 0. The lowest BCUT2D eigenvalue weighted by Gasteiger charge is -2.34. The number of nitrogens with zero attached hydrogens (tertiary/aromatic N) is 1. The number of hydrogen-bond acceptors (Lipinski definition) is 4. The van der Waals surface area contributed by atoms with Gasteiger partial charge in [0, 0.05) is 18.0 Å². The highest BCUT2D eigenvalue weighted by atomic mass is 35.5. The maximum absolute atomic E-state index is 12.5. The third-order valence-corrected chi connectivity index (χ3v) is 4.71. The summed E-state index contributed by atoms with van der Waals surface area (Å²) in [5, 5.41) is 0. The Hall–Kier alpha value is -0.530. The van der Waals surface area contributed by atoms with Crippen molar-refractivity contribution in [2.24, 2.45) is 5.41 Å². The lowest BCUT2D eigenvalue weighted by Crippen LogP contribution is -2.54. The van der Waals surface area contributed by atoms with Crippen molar-refractivity contribution >= 4 is 27.9 Å². The first kappa shape index (κ1) is 21.5. The molecule has 0 radical (unpaired) electrons. The second-order valence-corrected chi connectivity index (χ2v) is 10.0. The van der Waals surface area contributed by atoms with Gasteiger partial charge in [-0.15, -0.1) is 11.6 Å². The van der Waals surface area contributed by atoms with Crippen LogP contribution in [0.2, 0.25) is 0 Å². The molecular weight excluding hydrogens is 328 g/mol. The molecule has 0 rings (SSSR count). The first-order valence-corrected chi connectivity index (χ1v) is 9.07. The molecule has 0 aromatic rings. The van der Waals surface area contributed by atoms with Gasteiger partial charge in [-0.1, -0.05) is 13.8 Å². The van der Waals surface area contributed by atoms with E-state index in [9.17, 15) is 13.2 Å². The van der Waals surface area contributed by atoms with E-state index in [-0.39, 0.29) is 12.4 Å². The normalized spacial score (nSPS) is 13.9. The van der Waals surface area contributed by atoms with E-state index in [0.717, 1.165) is 0 Å². The molecule has 0 aliphatic rings. The minimum atomic E-state index is -4.04. The standard InChI is InChI=1S/C14H29ClN2O4S/c1-12(2,3)16-22(19,20)17(10-14(7,8)9-15)11(18)21-13(4,5)6/h16H,9-10H2,1-8H3. The molecule has 6 nitrogen and oxygen atoms in total. The van der Waals surface area contributed by atoms with Crippen molar-refractivity contribution in [3.63, 3.8) is 0 Å². The molecule has 8 heteroatoms. The summed E-state index contributed by atoms with van der Waals surface area (Å²) in [4.78, 5) is 12.3. The third kappa shape index (κ3) is 8.19. The molecule has 0 saturated carbocycles. The van der Waals surface area contributed by atoms with Crippen LogP contribution < -0.4 is 4.72 Å². The van der Waals surface area contributed by atoms with Crippen LogP contribution >= 0.6 is 11.6 Å². The van der Waals surface area contributed by atoms with E-state index < -0.39 is 32.9 Å². The highest BCUT2D eigenvalue weighted by molar-refractivity contribution is 7.87. The number of hydrogen-bond donors (Lipinski definition) is 1. The molecule has 0 atom stereocenters. The Balaban J connectivity index is 5.57. The van der Waals surface area contributed by atoms with E-state index in [4.69, 9.17) is 16.3 Å². The van der Waals surface area contributed by atoms with E-state index in [1.807, 2.05) is 0 Å². The molecule has 0 fully saturated rings. The number of nitrogens with one attached hydrogen (secondary N) is 1. The van der Waals surface area contributed by atoms with Crippen LogP contribution in [0.1, 0.15) is 55.4 Å². The number of ether oxygens (including phenoxy) is 1. The molecule has 0 spiro atoms. The lowest BCUT2D eigenvalue weighted by atomic mass is 9.97. The van der Waals surface area contributed by atoms with Crippen LogP contribution in [0.5, 0.6) is 0 Å². The molecule has 0 aromatic carbocycles. The Kier molecular flexibility index (Phi) is 6.76. The smallest absolute Gasteiger partial charge is 0.425 e. The summed E-state index contributed by atoms with van der Waals surface area (Å²) in [5.41, 5.74) is -2.09. The summed E-state index contributed by atoms with van der Waals surface area (Å²) in [7, 11) is -4.04. The summed E-state index contributed by atoms with van der Waals surface area (Å²) in [6.45, 7) is 13.6. The molecule has 0 saturated heterocycles. The largest absolute Gasteiger partial charge is 0.443 e. The molecule has 0 heterocycles. The number of rotatable bonds is 5. The highest BCUT2D eigenvalue weighted by Gasteiger charge is 2.37. The molecule has 0 aliphatic heterocycles. The number of alkyl halides is 1. The van der Waals surface area contributed by atoms with Crippen molar-refractivity contribution in [3.05, 3.63) is 0 Å². The van der Waals surface area contributed by atoms with Gasteiger partial charge in [-0.2, -0.15) is 17.4 Å². The van der Waals surface area contributed by atoms with E-state index in [1.54, 1.807) is 55.4 Å². The zero-order chi connectivity index (χ0) is 18.0. The minimum Gasteiger partial charge on any atom is -0.443 e. The molecule has 0 unspecified atom stereocenters. The van der Waals surface area contributed by atoms with Gasteiger partial charge in [0.05, 0.1) is 0 Å². The van der Waals surface area contributed by atoms with Crippen molar-refractivity contribution in [1.82, 2.24) is 9.03 Å². The Morgan fingerprint density at radius 3 is 1.86 bits per heavy atom. The average Bonchev–Trinajstić information content (AvgIpc) is 2.19. The Morgan fingerprint density at radius 1 is 1.09 bits per heavy atom. The highest BCUT2D eigenvalue weighted by Crippen LogP contribution is 2.23. The topological polar surface area (TPSA) is 75.7 Å². The molecular formula is C14H29ClN2O4S. The molecule has 22 heavy (non-hydrogen) atoms. The van der Waals surface area contributed by atoms with Crippen molar-refractivity contribution in [3.8, 4) is 0 Å². The van der Waals surface area contributed by atoms with Crippen LogP contribution in [0.3, 0.4) is 0 Å². The Morgan fingerprint density at radius 2 is 1.55 bits per heavy atom. The number of carbonyl (C=O) groups is 1. The van der Waals surface area contributed by atoms with E-state index in [1.165, 1.54) is 0 Å². The van der Waals surface area contributed by atoms with E-state index in [2.05, 4.69) is 4.72 Å². The quantitative estimate of drug-likeness (QED) is 0.768. The zero-order valence-electron chi connectivity index (χ0n) is 14.8. The summed E-state index contributed by atoms with van der Waals surface area (Å²) in [6.07, 6.45) is -0.914. The third-order valence-electron chi connectivity index (χ3n) is 2.26. The fourth-order valence-electron chi connectivity index (χ4n) is 1.43. The molecule has 0 bridgehead atoms. The van der Waals surface area contributed by atoms with Crippen LogP contribution in [-0.4, -0.2) is 42.4 Å². The van der Waals surface area contributed by atoms with Gasteiger partial charge in [-0.05, 0) is 47.0 Å². The van der Waals surface area contributed by atoms with Crippen molar-refractivity contribution in [2.45, 2.75) is 66.5 Å². The SMILES string of the molecule is CC(C)(CCl)CN(C(=O)OC(C)(C)C)S(=O)(=O)NC(C)(C)C. The van der Waals surface area contributed by atoms with Crippen molar-refractivity contribution in [2.75, 3.05) is 12.4 Å².